The average Bonchev–Trinajstić information content (AvgIpc) is 2.29. The molecule has 0 atom stereocenters. The lowest BCUT2D eigenvalue weighted by Gasteiger charge is -2.11. The van der Waals surface area contributed by atoms with Gasteiger partial charge in [0.25, 0.3) is 5.91 Å². The Morgan fingerprint density at radius 3 is 2.53 bits per heavy atom. The second-order valence-corrected chi connectivity index (χ2v) is 5.60. The normalized spacial score (nSPS) is 11.5. The second kappa shape index (κ2) is 5.26. The summed E-state index contributed by atoms with van der Waals surface area (Å²) in [5.41, 5.74) is 2.34. The Labute approximate surface area is 100 Å². The maximum Gasteiger partial charge on any atom is 0.274 e. The number of carbonyl (C=O) groups is 1. The zero-order chi connectivity index (χ0) is 13.1. The molecule has 0 bridgehead atoms. The van der Waals surface area contributed by atoms with Gasteiger partial charge < -0.3 is 0 Å². The second-order valence-electron chi connectivity index (χ2n) is 3.45. The van der Waals surface area contributed by atoms with Crippen LogP contribution in [0.4, 0.5) is 0 Å². The number of nitrogens with zero attached hydrogens (tertiary/aromatic N) is 1. The molecule has 1 N–H and O–H groups in total. The predicted molar refractivity (Wildman–Crippen MR) is 61.8 cm³/mol. The van der Waals surface area contributed by atoms with Gasteiger partial charge in [0.2, 0.25) is 10.0 Å². The number of hydrogen-bond acceptors (Lipinski definition) is 4. The summed E-state index contributed by atoms with van der Waals surface area (Å²) in [5.74, 6) is -0.497. The van der Waals surface area contributed by atoms with Crippen LogP contribution in [0, 0.1) is 0 Å². The van der Waals surface area contributed by atoms with E-state index in [-0.39, 0.29) is 10.5 Å². The zero-order valence-corrected chi connectivity index (χ0v) is 10.6. The van der Waals surface area contributed by atoms with Crippen LogP contribution in [0.25, 0.3) is 0 Å². The number of hydroxylamine groups is 1. The molecule has 6 nitrogen and oxygen atoms in total. The number of benzene rings is 1. The lowest BCUT2D eigenvalue weighted by atomic mass is 10.2. The monoisotopic (exact) mass is 258 g/mol. The van der Waals surface area contributed by atoms with Crippen molar-refractivity contribution in [1.29, 1.82) is 0 Å². The summed E-state index contributed by atoms with van der Waals surface area (Å²) in [5, 5.41) is 0. The van der Waals surface area contributed by atoms with Gasteiger partial charge in [-0.25, -0.2) is 18.2 Å². The maximum atomic E-state index is 11.8. The summed E-state index contributed by atoms with van der Waals surface area (Å²) in [6.07, 6.45) is 0. The molecule has 17 heavy (non-hydrogen) atoms. The zero-order valence-electron chi connectivity index (χ0n) is 9.80. The van der Waals surface area contributed by atoms with Crippen LogP contribution >= 0.6 is 0 Å². The smallest absolute Gasteiger partial charge is 0.274 e. The minimum Gasteiger partial charge on any atom is -0.277 e. The molecule has 0 heterocycles. The van der Waals surface area contributed by atoms with Crippen molar-refractivity contribution in [2.75, 3.05) is 21.2 Å². The quantitative estimate of drug-likeness (QED) is 0.784. The Kier molecular flexibility index (Phi) is 4.22. The van der Waals surface area contributed by atoms with E-state index in [2.05, 4.69) is 10.3 Å². The number of carbonyl (C=O) groups excluding carboxylic acids is 1. The minimum absolute atomic E-state index is 0.0613. The van der Waals surface area contributed by atoms with Crippen LogP contribution in [0.15, 0.2) is 29.2 Å². The van der Waals surface area contributed by atoms with Crippen molar-refractivity contribution >= 4 is 15.9 Å². The molecule has 1 aromatic carbocycles. The summed E-state index contributed by atoms with van der Waals surface area (Å²) in [6.45, 7) is 0. The van der Waals surface area contributed by atoms with Gasteiger partial charge in [-0.1, -0.05) is 6.07 Å². The Morgan fingerprint density at radius 2 is 2.00 bits per heavy atom. The third-order valence-corrected chi connectivity index (χ3v) is 3.88. The third-order valence-electron chi connectivity index (χ3n) is 2.07. The Bertz CT molecular complexity index is 511. The molecule has 0 radical (unpaired) electrons. The van der Waals surface area contributed by atoms with Crippen LogP contribution in [0.5, 0.6) is 0 Å². The van der Waals surface area contributed by atoms with Crippen LogP contribution < -0.4 is 5.48 Å². The van der Waals surface area contributed by atoms with E-state index in [1.165, 1.54) is 45.5 Å². The van der Waals surface area contributed by atoms with E-state index in [1.54, 1.807) is 0 Å². The molecule has 0 aliphatic rings. The third kappa shape index (κ3) is 3.02. The van der Waals surface area contributed by atoms with Gasteiger partial charge in [-0.05, 0) is 18.2 Å². The van der Waals surface area contributed by atoms with Crippen LogP contribution in [0.3, 0.4) is 0 Å². The van der Waals surface area contributed by atoms with E-state index in [1.807, 2.05) is 0 Å². The molecule has 0 unspecified atom stereocenters. The van der Waals surface area contributed by atoms with Crippen molar-refractivity contribution in [3.63, 3.8) is 0 Å². The van der Waals surface area contributed by atoms with E-state index in [0.717, 1.165) is 4.31 Å². The van der Waals surface area contributed by atoms with Crippen molar-refractivity contribution in [2.45, 2.75) is 4.90 Å². The summed E-state index contributed by atoms with van der Waals surface area (Å²) in [6, 6.07) is 5.73. The predicted octanol–water partition coefficient (Wildman–Crippen LogP) is 0.228. The number of nitrogens with one attached hydrogen (secondary N) is 1. The highest BCUT2D eigenvalue weighted by molar-refractivity contribution is 7.89. The van der Waals surface area contributed by atoms with Gasteiger partial charge in [-0.2, -0.15) is 0 Å². The van der Waals surface area contributed by atoms with E-state index in [0.29, 0.717) is 0 Å². The molecule has 0 fully saturated rings. The molecule has 0 aliphatic carbocycles. The summed E-state index contributed by atoms with van der Waals surface area (Å²) in [4.78, 5) is 16.0. The van der Waals surface area contributed by atoms with Gasteiger partial charge in [0.15, 0.2) is 0 Å². The first kappa shape index (κ1) is 13.6. The average molecular weight is 258 g/mol. The van der Waals surface area contributed by atoms with Crippen LogP contribution in [-0.4, -0.2) is 39.8 Å². The van der Waals surface area contributed by atoms with Crippen LogP contribution in [-0.2, 0) is 14.9 Å². The molecule has 94 valence electrons. The van der Waals surface area contributed by atoms with Gasteiger partial charge >= 0.3 is 0 Å². The first-order chi connectivity index (χ1) is 7.89. The lowest BCUT2D eigenvalue weighted by molar-refractivity contribution is 0.0537. The van der Waals surface area contributed by atoms with Crippen LogP contribution in [0.2, 0.25) is 0 Å². The fourth-order valence-electron chi connectivity index (χ4n) is 1.16. The van der Waals surface area contributed by atoms with Crippen molar-refractivity contribution in [3.05, 3.63) is 29.8 Å². The van der Waals surface area contributed by atoms with Crippen molar-refractivity contribution in [1.82, 2.24) is 9.79 Å². The Morgan fingerprint density at radius 1 is 1.35 bits per heavy atom. The standard InChI is InChI=1S/C10H14N2O4S/c1-12(2)17(14,15)9-6-4-5-8(7-9)10(13)11-16-3/h4-7H,1-3H3,(H,11,13). The first-order valence-corrected chi connectivity index (χ1v) is 6.19. The van der Waals surface area contributed by atoms with E-state index in [9.17, 15) is 13.2 Å². The fraction of sp³-hybridized carbons (Fsp3) is 0.300. The molecule has 0 saturated carbocycles. The van der Waals surface area contributed by atoms with Crippen LogP contribution in [0.1, 0.15) is 10.4 Å². The Hall–Kier alpha value is -1.44. The molecule has 1 amide bonds. The lowest BCUT2D eigenvalue weighted by Crippen LogP contribution is -2.24. The van der Waals surface area contributed by atoms with Gasteiger partial charge in [-0.3, -0.25) is 9.63 Å². The summed E-state index contributed by atoms with van der Waals surface area (Å²) >= 11 is 0. The molecule has 7 heteroatoms. The number of amides is 1. The number of hydrogen-bond donors (Lipinski definition) is 1. The summed E-state index contributed by atoms with van der Waals surface area (Å²) < 4.78 is 24.7. The van der Waals surface area contributed by atoms with Gasteiger partial charge in [0.1, 0.15) is 0 Å². The molecule has 1 rings (SSSR count). The van der Waals surface area contributed by atoms with E-state index < -0.39 is 15.9 Å². The highest BCUT2D eigenvalue weighted by Crippen LogP contribution is 2.14. The SMILES string of the molecule is CONC(=O)c1cccc(S(=O)(=O)N(C)C)c1. The number of rotatable bonds is 4. The Balaban J connectivity index is 3.14. The van der Waals surface area contributed by atoms with E-state index >= 15 is 0 Å². The molecular formula is C10H14N2O4S. The summed E-state index contributed by atoms with van der Waals surface area (Å²) in [7, 11) is 0.624. The highest BCUT2D eigenvalue weighted by atomic mass is 32.2. The van der Waals surface area contributed by atoms with Crippen molar-refractivity contribution < 1.29 is 18.0 Å². The topological polar surface area (TPSA) is 75.7 Å². The highest BCUT2D eigenvalue weighted by Gasteiger charge is 2.18. The molecule has 0 spiro atoms. The van der Waals surface area contributed by atoms with Gasteiger partial charge in [0, 0.05) is 19.7 Å². The minimum atomic E-state index is -3.54. The number of sulfonamides is 1. The molecule has 1 aromatic rings. The van der Waals surface area contributed by atoms with Crippen molar-refractivity contribution in [2.24, 2.45) is 0 Å². The first-order valence-electron chi connectivity index (χ1n) is 4.75. The molecule has 0 aromatic heterocycles. The largest absolute Gasteiger partial charge is 0.277 e. The van der Waals surface area contributed by atoms with Crippen molar-refractivity contribution in [3.8, 4) is 0 Å². The molecule has 0 saturated heterocycles. The van der Waals surface area contributed by atoms with Gasteiger partial charge in [0.05, 0.1) is 12.0 Å². The van der Waals surface area contributed by atoms with E-state index in [4.69, 9.17) is 0 Å². The van der Waals surface area contributed by atoms with Gasteiger partial charge in [-0.15, -0.1) is 0 Å². The maximum absolute atomic E-state index is 11.8. The fourth-order valence-corrected chi connectivity index (χ4v) is 2.11. The molecule has 0 aliphatic heterocycles. The molecular weight excluding hydrogens is 244 g/mol.